The molecule has 100 valence electrons. The van der Waals surface area contributed by atoms with Crippen LogP contribution in [0.25, 0.3) is 11.4 Å². The average molecular weight is 265 g/mol. The Morgan fingerprint density at radius 2 is 2.11 bits per heavy atom. The average Bonchev–Trinajstić information content (AvgIpc) is 3.02. The molecule has 3 rings (SSSR count). The first-order chi connectivity index (χ1) is 9.11. The number of nitrogens with two attached hydrogens (primary N) is 1. The van der Waals surface area contributed by atoms with Crippen LogP contribution in [0, 0.1) is 17.6 Å². The Hall–Kier alpha value is -2.05. The van der Waals surface area contributed by atoms with E-state index in [2.05, 4.69) is 22.4 Å². The lowest BCUT2D eigenvalue weighted by Gasteiger charge is -2.07. The van der Waals surface area contributed by atoms with Crippen LogP contribution < -0.4 is 5.73 Å². The molecule has 1 aliphatic rings. The summed E-state index contributed by atoms with van der Waals surface area (Å²) in [5.41, 5.74) is 6.18. The first-order valence-corrected chi connectivity index (χ1v) is 6.14. The number of tetrazole rings is 1. The smallest absolute Gasteiger partial charge is 0.184 e. The van der Waals surface area contributed by atoms with E-state index in [1.165, 1.54) is 0 Å². The summed E-state index contributed by atoms with van der Waals surface area (Å²) in [5.74, 6) is -1.01. The molecule has 0 radical (unpaired) electrons. The Kier molecular flexibility index (Phi) is 2.69. The molecule has 1 aliphatic carbocycles. The molecule has 2 N–H and O–H groups in total. The van der Waals surface area contributed by atoms with Crippen LogP contribution in [0.1, 0.15) is 25.8 Å². The molecule has 2 unspecified atom stereocenters. The monoisotopic (exact) mass is 265 g/mol. The zero-order valence-corrected chi connectivity index (χ0v) is 10.3. The first-order valence-electron chi connectivity index (χ1n) is 6.14. The lowest BCUT2D eigenvalue weighted by molar-refractivity contribution is 0.509. The van der Waals surface area contributed by atoms with E-state index in [9.17, 15) is 8.78 Å². The maximum absolute atomic E-state index is 13.3. The number of rotatable bonds is 3. The van der Waals surface area contributed by atoms with Crippen molar-refractivity contribution in [3.05, 3.63) is 23.8 Å². The van der Waals surface area contributed by atoms with Gasteiger partial charge in [0.05, 0.1) is 6.04 Å². The van der Waals surface area contributed by atoms with E-state index in [1.807, 2.05) is 0 Å². The molecule has 1 saturated carbocycles. The van der Waals surface area contributed by atoms with Crippen LogP contribution in [-0.4, -0.2) is 20.2 Å². The van der Waals surface area contributed by atoms with E-state index < -0.39 is 11.6 Å². The quantitative estimate of drug-likeness (QED) is 0.863. The predicted molar refractivity (Wildman–Crippen MR) is 65.0 cm³/mol. The summed E-state index contributed by atoms with van der Waals surface area (Å²) in [6, 6.07) is 2.21. The van der Waals surface area contributed by atoms with Gasteiger partial charge in [0.2, 0.25) is 0 Å². The Morgan fingerprint density at radius 1 is 1.37 bits per heavy atom. The predicted octanol–water partition coefficient (Wildman–Crippen LogP) is 2.17. The number of hydrogen-bond donors (Lipinski definition) is 1. The summed E-state index contributed by atoms with van der Waals surface area (Å²) in [6.07, 6.45) is 2.04. The van der Waals surface area contributed by atoms with Gasteiger partial charge in [0.25, 0.3) is 0 Å². The third kappa shape index (κ3) is 1.94. The summed E-state index contributed by atoms with van der Waals surface area (Å²) in [6.45, 7) is 2.10. The lowest BCUT2D eigenvalue weighted by Crippen LogP contribution is -2.04. The lowest BCUT2D eigenvalue weighted by atomic mass is 10.1. The van der Waals surface area contributed by atoms with Crippen molar-refractivity contribution >= 4 is 5.69 Å². The number of anilines is 1. The molecular weight excluding hydrogens is 252 g/mol. The number of hydrogen-bond acceptors (Lipinski definition) is 4. The van der Waals surface area contributed by atoms with Gasteiger partial charge in [0.1, 0.15) is 0 Å². The molecule has 0 aliphatic heterocycles. The molecule has 0 saturated heterocycles. The minimum Gasteiger partial charge on any atom is -0.398 e. The van der Waals surface area contributed by atoms with Gasteiger partial charge in [-0.15, -0.1) is 5.10 Å². The fourth-order valence-electron chi connectivity index (χ4n) is 2.32. The van der Waals surface area contributed by atoms with E-state index >= 15 is 0 Å². The molecule has 2 aromatic rings. The number of aromatic nitrogens is 4. The molecule has 0 amide bonds. The summed E-state index contributed by atoms with van der Waals surface area (Å²) in [5, 5.41) is 11.4. The molecule has 0 bridgehead atoms. The zero-order chi connectivity index (χ0) is 13.6. The van der Waals surface area contributed by atoms with Crippen LogP contribution in [-0.2, 0) is 0 Å². The number of nitrogens with zero attached hydrogens (tertiary/aromatic N) is 4. The molecule has 1 aromatic heterocycles. The highest BCUT2D eigenvalue weighted by Gasteiger charge is 2.40. The van der Waals surface area contributed by atoms with Gasteiger partial charge in [-0.25, -0.2) is 13.5 Å². The normalized spacial score (nSPS) is 21.6. The second-order valence-corrected chi connectivity index (χ2v) is 4.77. The number of nitrogen functional groups attached to an aromatic ring is 1. The largest absolute Gasteiger partial charge is 0.398 e. The van der Waals surface area contributed by atoms with Gasteiger partial charge in [-0.05, 0) is 28.8 Å². The van der Waals surface area contributed by atoms with Gasteiger partial charge in [0.15, 0.2) is 17.5 Å². The Bertz CT molecular complexity index is 625. The summed E-state index contributed by atoms with van der Waals surface area (Å²) in [7, 11) is 0. The van der Waals surface area contributed by atoms with E-state index in [-0.39, 0.29) is 11.7 Å². The van der Waals surface area contributed by atoms with Gasteiger partial charge < -0.3 is 5.73 Å². The van der Waals surface area contributed by atoms with Gasteiger partial charge in [0, 0.05) is 17.3 Å². The highest BCUT2D eigenvalue weighted by atomic mass is 19.2. The molecular formula is C12H13F2N5. The van der Waals surface area contributed by atoms with Crippen molar-refractivity contribution in [3.63, 3.8) is 0 Å². The van der Waals surface area contributed by atoms with Gasteiger partial charge in [-0.2, -0.15) is 0 Å². The van der Waals surface area contributed by atoms with Crippen molar-refractivity contribution in [1.29, 1.82) is 0 Å². The van der Waals surface area contributed by atoms with Crippen molar-refractivity contribution in [2.45, 2.75) is 25.8 Å². The molecule has 1 aromatic carbocycles. The second kappa shape index (κ2) is 4.25. The van der Waals surface area contributed by atoms with Crippen LogP contribution in [0.5, 0.6) is 0 Å². The number of halogens is 2. The fourth-order valence-corrected chi connectivity index (χ4v) is 2.32. The topological polar surface area (TPSA) is 69.6 Å². The Morgan fingerprint density at radius 3 is 2.79 bits per heavy atom. The highest BCUT2D eigenvalue weighted by molar-refractivity contribution is 5.71. The SMILES string of the molecule is CCC1CC1n1nnnc1-c1cc(F)c(F)cc1N. The van der Waals surface area contributed by atoms with E-state index in [0.29, 0.717) is 17.3 Å². The molecule has 0 spiro atoms. The van der Waals surface area contributed by atoms with Crippen molar-refractivity contribution in [2.75, 3.05) is 5.73 Å². The van der Waals surface area contributed by atoms with Crippen LogP contribution in [0.2, 0.25) is 0 Å². The summed E-state index contributed by atoms with van der Waals surface area (Å²) < 4.78 is 28.1. The third-order valence-corrected chi connectivity index (χ3v) is 3.55. The third-order valence-electron chi connectivity index (χ3n) is 3.55. The number of benzene rings is 1. The van der Waals surface area contributed by atoms with Crippen molar-refractivity contribution in [3.8, 4) is 11.4 Å². The molecule has 2 atom stereocenters. The van der Waals surface area contributed by atoms with Gasteiger partial charge >= 0.3 is 0 Å². The van der Waals surface area contributed by atoms with Crippen molar-refractivity contribution < 1.29 is 8.78 Å². The van der Waals surface area contributed by atoms with E-state index in [4.69, 9.17) is 5.73 Å². The van der Waals surface area contributed by atoms with E-state index in [1.54, 1.807) is 4.68 Å². The van der Waals surface area contributed by atoms with E-state index in [0.717, 1.165) is 25.0 Å². The van der Waals surface area contributed by atoms with Crippen molar-refractivity contribution in [1.82, 2.24) is 20.2 Å². The van der Waals surface area contributed by atoms with Crippen LogP contribution in [0.4, 0.5) is 14.5 Å². The Labute approximate surface area is 108 Å². The standard InChI is InChI=1S/C12H13F2N5/c1-2-6-3-11(6)19-12(16-17-18-19)7-4-8(13)9(14)5-10(7)15/h4-6,11H,2-3,15H2,1H3. The maximum atomic E-state index is 13.3. The summed E-state index contributed by atoms with van der Waals surface area (Å²) >= 11 is 0. The molecule has 5 nitrogen and oxygen atoms in total. The Balaban J connectivity index is 2.04. The fraction of sp³-hybridized carbons (Fsp3) is 0.417. The zero-order valence-electron chi connectivity index (χ0n) is 10.3. The van der Waals surface area contributed by atoms with Crippen molar-refractivity contribution in [2.24, 2.45) is 5.92 Å². The second-order valence-electron chi connectivity index (χ2n) is 4.77. The van der Waals surface area contributed by atoms with Gasteiger partial charge in [-0.3, -0.25) is 0 Å². The molecule has 1 fully saturated rings. The van der Waals surface area contributed by atoms with Gasteiger partial charge in [-0.1, -0.05) is 13.3 Å². The molecule has 1 heterocycles. The minimum absolute atomic E-state index is 0.128. The molecule has 19 heavy (non-hydrogen) atoms. The first kappa shape index (κ1) is 12.0. The molecule has 7 heteroatoms. The minimum atomic E-state index is -0.974. The highest BCUT2D eigenvalue weighted by Crippen LogP contribution is 2.46. The van der Waals surface area contributed by atoms with Crippen LogP contribution in [0.3, 0.4) is 0 Å². The van der Waals surface area contributed by atoms with Crippen LogP contribution >= 0.6 is 0 Å². The maximum Gasteiger partial charge on any atom is 0.184 e. The van der Waals surface area contributed by atoms with Crippen LogP contribution in [0.15, 0.2) is 12.1 Å². The summed E-state index contributed by atoms with van der Waals surface area (Å²) in [4.78, 5) is 0.